The Bertz CT molecular complexity index is 1290. The predicted octanol–water partition coefficient (Wildman–Crippen LogP) is 4.92. The van der Waals surface area contributed by atoms with Crippen molar-refractivity contribution in [2.45, 2.75) is 51.2 Å². The lowest BCUT2D eigenvalue weighted by Crippen LogP contribution is -2.44. The Hall–Kier alpha value is -3.56. The van der Waals surface area contributed by atoms with Crippen LogP contribution in [0.5, 0.6) is 0 Å². The second-order valence-corrected chi connectivity index (χ2v) is 9.58. The van der Waals surface area contributed by atoms with E-state index >= 15 is 0 Å². The first-order valence-electron chi connectivity index (χ1n) is 11.8. The number of benzene rings is 2. The van der Waals surface area contributed by atoms with Crippen molar-refractivity contribution >= 4 is 40.5 Å². The number of nitrogens with zero attached hydrogens (tertiary/aromatic N) is 3. The Morgan fingerprint density at radius 2 is 1.76 bits per heavy atom. The number of alkyl halides is 3. The molecule has 1 aliphatic heterocycles. The van der Waals surface area contributed by atoms with Gasteiger partial charge >= 0.3 is 6.18 Å². The molecule has 1 fully saturated rings. The van der Waals surface area contributed by atoms with Gasteiger partial charge in [-0.25, -0.2) is 4.39 Å². The highest BCUT2D eigenvalue weighted by molar-refractivity contribution is 7.81. The summed E-state index contributed by atoms with van der Waals surface area (Å²) in [6.45, 7) is 3.42. The maximum absolute atomic E-state index is 15.0. The van der Waals surface area contributed by atoms with E-state index in [0.29, 0.717) is 25.5 Å². The van der Waals surface area contributed by atoms with Crippen LogP contribution in [-0.4, -0.2) is 40.7 Å². The van der Waals surface area contributed by atoms with Crippen molar-refractivity contribution in [3.8, 4) is 6.07 Å². The van der Waals surface area contributed by atoms with Crippen molar-refractivity contribution in [1.29, 1.82) is 5.26 Å². The van der Waals surface area contributed by atoms with E-state index < -0.39 is 40.5 Å². The summed E-state index contributed by atoms with van der Waals surface area (Å²) in [4.78, 5) is 27.9. The number of aliphatic hydroxyl groups excluding tert-OH is 1. The fourth-order valence-corrected chi connectivity index (χ4v) is 4.70. The zero-order valence-corrected chi connectivity index (χ0v) is 21.5. The smallest absolute Gasteiger partial charge is 0.396 e. The number of nitriles is 1. The molecule has 2 N–H and O–H groups in total. The van der Waals surface area contributed by atoms with E-state index in [1.54, 1.807) is 0 Å². The van der Waals surface area contributed by atoms with Crippen molar-refractivity contribution in [1.82, 2.24) is 5.32 Å². The van der Waals surface area contributed by atoms with Gasteiger partial charge in [-0.1, -0.05) is 12.8 Å². The Labute approximate surface area is 222 Å². The van der Waals surface area contributed by atoms with Crippen molar-refractivity contribution < 1.29 is 32.3 Å². The van der Waals surface area contributed by atoms with E-state index in [4.69, 9.17) is 22.6 Å². The number of carbonyl (C=O) groups excluding carboxylic acids is 2. The van der Waals surface area contributed by atoms with Gasteiger partial charge in [0.1, 0.15) is 11.4 Å². The van der Waals surface area contributed by atoms with Crippen LogP contribution in [-0.2, 0) is 11.0 Å². The van der Waals surface area contributed by atoms with Crippen LogP contribution in [0.15, 0.2) is 36.4 Å². The number of amides is 2. The number of anilines is 2. The van der Waals surface area contributed by atoms with E-state index in [1.165, 1.54) is 43.0 Å². The molecule has 0 spiro atoms. The molecule has 0 radical (unpaired) electrons. The fraction of sp³-hybridized carbons (Fsp3) is 0.385. The first-order valence-corrected chi connectivity index (χ1v) is 12.2. The summed E-state index contributed by atoms with van der Waals surface area (Å²) in [5.41, 5.74) is -3.46. The molecule has 38 heavy (non-hydrogen) atoms. The maximum Gasteiger partial charge on any atom is 0.417 e. The van der Waals surface area contributed by atoms with Crippen LogP contribution in [0, 0.1) is 17.1 Å². The average Bonchev–Trinajstić information content (AvgIpc) is 3.03. The first-order chi connectivity index (χ1) is 17.8. The molecule has 1 saturated heterocycles. The van der Waals surface area contributed by atoms with Crippen LogP contribution in [0.4, 0.5) is 28.9 Å². The molecule has 0 saturated carbocycles. The lowest BCUT2D eigenvalue weighted by Gasteiger charge is -2.29. The molecule has 202 valence electrons. The predicted molar refractivity (Wildman–Crippen MR) is 137 cm³/mol. The third-order valence-electron chi connectivity index (χ3n) is 6.18. The monoisotopic (exact) mass is 550 g/mol. The van der Waals surface area contributed by atoms with Crippen LogP contribution >= 0.6 is 12.2 Å². The van der Waals surface area contributed by atoms with Crippen LogP contribution in [0.1, 0.15) is 61.0 Å². The molecule has 2 aromatic rings. The lowest BCUT2D eigenvalue weighted by molar-refractivity contribution is -0.137. The molecular weight excluding hydrogens is 524 g/mol. The summed E-state index contributed by atoms with van der Waals surface area (Å²) >= 11 is 5.45. The average molecular weight is 551 g/mol. The summed E-state index contributed by atoms with van der Waals surface area (Å²) in [5, 5.41) is 20.3. The highest BCUT2D eigenvalue weighted by Crippen LogP contribution is 2.39. The largest absolute Gasteiger partial charge is 0.417 e. The molecule has 2 aromatic carbocycles. The molecule has 2 amide bonds. The summed E-state index contributed by atoms with van der Waals surface area (Å²) in [6.07, 6.45) is -1.87. The molecule has 3 rings (SSSR count). The molecule has 0 aliphatic carbocycles. The first kappa shape index (κ1) is 29.0. The standard InChI is InChI=1S/C26H26F4N4O3S/c1-25(2)23(37)33(17-8-7-16(15-31)20(13-17)26(28,29)30)24(38)34(25)18-9-10-19(21(27)14-18)22(36)32-11-5-3-4-6-12-35/h7-10,13-14,35H,3-6,11-12H2,1-2H3,(H,32,36). The number of hydrogen-bond acceptors (Lipinski definition) is 5. The van der Waals surface area contributed by atoms with Gasteiger partial charge in [-0.3, -0.25) is 14.5 Å². The van der Waals surface area contributed by atoms with E-state index in [1.807, 2.05) is 0 Å². The number of nitrogens with one attached hydrogen (secondary N) is 1. The molecule has 0 bridgehead atoms. The van der Waals surface area contributed by atoms with Gasteiger partial charge in [0.05, 0.1) is 28.4 Å². The van der Waals surface area contributed by atoms with Gasteiger partial charge in [0.15, 0.2) is 5.11 Å². The number of carbonyl (C=O) groups is 2. The molecule has 0 atom stereocenters. The number of hydrogen-bond donors (Lipinski definition) is 2. The Morgan fingerprint density at radius 3 is 2.37 bits per heavy atom. The number of thiocarbonyl (C=S) groups is 1. The van der Waals surface area contributed by atoms with E-state index in [9.17, 15) is 27.2 Å². The third-order valence-corrected chi connectivity index (χ3v) is 6.55. The number of aliphatic hydroxyl groups is 1. The number of unbranched alkanes of at least 4 members (excludes halogenated alkanes) is 3. The van der Waals surface area contributed by atoms with Gasteiger partial charge in [-0.15, -0.1) is 0 Å². The van der Waals surface area contributed by atoms with Crippen molar-refractivity contribution in [3.05, 3.63) is 58.9 Å². The Balaban J connectivity index is 1.86. The molecule has 1 aliphatic rings. The van der Waals surface area contributed by atoms with Crippen molar-refractivity contribution in [2.75, 3.05) is 23.0 Å². The van der Waals surface area contributed by atoms with Gasteiger partial charge in [0.2, 0.25) is 0 Å². The molecule has 0 unspecified atom stereocenters. The highest BCUT2D eigenvalue weighted by Gasteiger charge is 2.51. The van der Waals surface area contributed by atoms with Gasteiger partial charge < -0.3 is 15.3 Å². The SMILES string of the molecule is CC1(C)C(=O)N(c2ccc(C#N)c(C(F)(F)F)c2)C(=S)N1c1ccc(C(=O)NCCCCCCO)c(F)c1. The van der Waals surface area contributed by atoms with Gasteiger partial charge in [-0.2, -0.15) is 18.4 Å². The van der Waals surface area contributed by atoms with Crippen LogP contribution < -0.4 is 15.1 Å². The van der Waals surface area contributed by atoms with Gasteiger partial charge in [0.25, 0.3) is 11.8 Å². The summed E-state index contributed by atoms with van der Waals surface area (Å²) in [6, 6.07) is 8.02. The van der Waals surface area contributed by atoms with Gasteiger partial charge in [0, 0.05) is 18.8 Å². The summed E-state index contributed by atoms with van der Waals surface area (Å²) < 4.78 is 55.5. The Kier molecular flexibility index (Phi) is 8.74. The summed E-state index contributed by atoms with van der Waals surface area (Å²) in [5.74, 6) is -2.12. The quantitative estimate of drug-likeness (QED) is 0.262. The topological polar surface area (TPSA) is 96.7 Å². The van der Waals surface area contributed by atoms with E-state index in [0.717, 1.165) is 29.9 Å². The maximum atomic E-state index is 15.0. The number of halogens is 4. The van der Waals surface area contributed by atoms with E-state index in [2.05, 4.69) is 5.32 Å². The number of rotatable bonds is 9. The molecule has 7 nitrogen and oxygen atoms in total. The minimum Gasteiger partial charge on any atom is -0.396 e. The molecule has 1 heterocycles. The minimum absolute atomic E-state index is 0.104. The Morgan fingerprint density at radius 1 is 1.11 bits per heavy atom. The molecule has 0 aromatic heterocycles. The van der Waals surface area contributed by atoms with E-state index in [-0.39, 0.29) is 28.7 Å². The highest BCUT2D eigenvalue weighted by atomic mass is 32.1. The fourth-order valence-electron chi connectivity index (χ4n) is 4.17. The third kappa shape index (κ3) is 5.79. The van der Waals surface area contributed by atoms with Crippen molar-refractivity contribution in [2.24, 2.45) is 0 Å². The second-order valence-electron chi connectivity index (χ2n) is 9.21. The lowest BCUT2D eigenvalue weighted by atomic mass is 10.0. The zero-order valence-electron chi connectivity index (χ0n) is 20.7. The van der Waals surface area contributed by atoms with Crippen LogP contribution in [0.2, 0.25) is 0 Å². The summed E-state index contributed by atoms with van der Waals surface area (Å²) in [7, 11) is 0. The second kappa shape index (κ2) is 11.4. The normalized spacial score (nSPS) is 15.1. The van der Waals surface area contributed by atoms with Crippen molar-refractivity contribution in [3.63, 3.8) is 0 Å². The minimum atomic E-state index is -4.83. The van der Waals surface area contributed by atoms with Crippen LogP contribution in [0.25, 0.3) is 0 Å². The molecule has 12 heteroatoms. The molecular formula is C26H26F4N4O3S. The van der Waals surface area contributed by atoms with Crippen LogP contribution in [0.3, 0.4) is 0 Å². The van der Waals surface area contributed by atoms with Gasteiger partial charge in [-0.05, 0) is 75.3 Å². The zero-order chi connectivity index (χ0) is 28.3.